The first kappa shape index (κ1) is 9.96. The van der Waals surface area contributed by atoms with Crippen molar-refractivity contribution < 1.29 is 14.2 Å². The summed E-state index contributed by atoms with van der Waals surface area (Å²) in [6, 6.07) is 0. The maximum absolute atomic E-state index is 5.38. The first-order chi connectivity index (χ1) is 5.83. The summed E-state index contributed by atoms with van der Waals surface area (Å²) in [5.74, 6) is 0. The number of rotatable bonds is 7. The molecule has 72 valence electrons. The van der Waals surface area contributed by atoms with Crippen LogP contribution in [0.25, 0.3) is 0 Å². The fraction of sp³-hybridized carbons (Fsp3) is 1.00. The van der Waals surface area contributed by atoms with E-state index in [4.69, 9.17) is 14.2 Å². The third-order valence-electron chi connectivity index (χ3n) is 1.77. The molecule has 2 unspecified atom stereocenters. The molecular formula is C9H18O3. The van der Waals surface area contributed by atoms with Crippen molar-refractivity contribution >= 4 is 0 Å². The Hall–Kier alpha value is -0.120. The van der Waals surface area contributed by atoms with Crippen molar-refractivity contribution in [2.24, 2.45) is 0 Å². The molecule has 3 heteroatoms. The van der Waals surface area contributed by atoms with Crippen LogP contribution in [0, 0.1) is 0 Å². The van der Waals surface area contributed by atoms with Crippen LogP contribution in [-0.2, 0) is 14.2 Å². The molecule has 0 N–H and O–H groups in total. The van der Waals surface area contributed by atoms with E-state index in [1.807, 2.05) is 6.92 Å². The zero-order valence-electron chi connectivity index (χ0n) is 7.91. The van der Waals surface area contributed by atoms with Crippen LogP contribution < -0.4 is 0 Å². The summed E-state index contributed by atoms with van der Waals surface area (Å²) >= 11 is 0. The van der Waals surface area contributed by atoms with E-state index in [0.29, 0.717) is 12.7 Å². The van der Waals surface area contributed by atoms with Crippen LogP contribution in [0.15, 0.2) is 0 Å². The van der Waals surface area contributed by atoms with E-state index in [1.165, 1.54) is 6.42 Å². The van der Waals surface area contributed by atoms with Crippen molar-refractivity contribution in [1.29, 1.82) is 0 Å². The van der Waals surface area contributed by atoms with Gasteiger partial charge >= 0.3 is 0 Å². The van der Waals surface area contributed by atoms with Gasteiger partial charge in [-0.25, -0.2) is 0 Å². The molecule has 1 rings (SSSR count). The minimum Gasteiger partial charge on any atom is -0.371 e. The van der Waals surface area contributed by atoms with Crippen molar-refractivity contribution in [1.82, 2.24) is 0 Å². The van der Waals surface area contributed by atoms with Gasteiger partial charge in [0.1, 0.15) is 6.10 Å². The monoisotopic (exact) mass is 174 g/mol. The van der Waals surface area contributed by atoms with E-state index in [-0.39, 0.29) is 6.29 Å². The zero-order valence-corrected chi connectivity index (χ0v) is 7.91. The molecule has 12 heavy (non-hydrogen) atoms. The molecule has 0 saturated carbocycles. The second-order valence-corrected chi connectivity index (χ2v) is 3.08. The number of epoxide rings is 1. The van der Waals surface area contributed by atoms with E-state index in [1.54, 1.807) is 0 Å². The van der Waals surface area contributed by atoms with Crippen LogP contribution in [-0.4, -0.2) is 32.2 Å². The molecule has 0 spiro atoms. The van der Waals surface area contributed by atoms with Crippen molar-refractivity contribution in [3.05, 3.63) is 0 Å². The van der Waals surface area contributed by atoms with Gasteiger partial charge in [0.15, 0.2) is 6.29 Å². The van der Waals surface area contributed by atoms with Crippen LogP contribution in [0.3, 0.4) is 0 Å². The van der Waals surface area contributed by atoms with Gasteiger partial charge in [-0.15, -0.1) is 0 Å². The van der Waals surface area contributed by atoms with Gasteiger partial charge in [0.05, 0.1) is 13.2 Å². The van der Waals surface area contributed by atoms with E-state index < -0.39 is 0 Å². The Morgan fingerprint density at radius 3 is 2.83 bits per heavy atom. The molecule has 1 aliphatic rings. The number of ether oxygens (including phenoxy) is 3. The Balaban J connectivity index is 1.84. The molecule has 0 aromatic rings. The Morgan fingerprint density at radius 2 is 2.25 bits per heavy atom. The highest BCUT2D eigenvalue weighted by Gasteiger charge is 2.23. The molecule has 0 bridgehead atoms. The highest BCUT2D eigenvalue weighted by molar-refractivity contribution is 4.67. The highest BCUT2D eigenvalue weighted by atomic mass is 16.7. The van der Waals surface area contributed by atoms with Crippen LogP contribution in [0.1, 0.15) is 26.7 Å². The molecule has 0 radical (unpaired) electrons. The largest absolute Gasteiger partial charge is 0.371 e. The highest BCUT2D eigenvalue weighted by Crippen LogP contribution is 2.10. The fourth-order valence-electron chi connectivity index (χ4n) is 0.849. The van der Waals surface area contributed by atoms with Gasteiger partial charge in [0, 0.05) is 6.61 Å². The third kappa shape index (κ3) is 4.70. The Labute approximate surface area is 74.0 Å². The average molecular weight is 174 g/mol. The number of hydrogen-bond acceptors (Lipinski definition) is 3. The van der Waals surface area contributed by atoms with Crippen LogP contribution >= 0.6 is 0 Å². The third-order valence-corrected chi connectivity index (χ3v) is 1.77. The van der Waals surface area contributed by atoms with E-state index in [0.717, 1.165) is 19.6 Å². The summed E-state index contributed by atoms with van der Waals surface area (Å²) in [5, 5.41) is 0. The van der Waals surface area contributed by atoms with E-state index >= 15 is 0 Å². The van der Waals surface area contributed by atoms with Gasteiger partial charge in [0.25, 0.3) is 0 Å². The summed E-state index contributed by atoms with van der Waals surface area (Å²) in [4.78, 5) is 0. The first-order valence-corrected chi connectivity index (χ1v) is 4.67. The van der Waals surface area contributed by atoms with Gasteiger partial charge in [-0.3, -0.25) is 0 Å². The van der Waals surface area contributed by atoms with Crippen molar-refractivity contribution in [3.63, 3.8) is 0 Å². The molecule has 0 aliphatic carbocycles. The summed E-state index contributed by atoms with van der Waals surface area (Å²) < 4.78 is 15.8. The quantitative estimate of drug-likeness (QED) is 0.333. The lowest BCUT2D eigenvalue weighted by atomic mass is 10.4. The lowest BCUT2D eigenvalue weighted by Crippen LogP contribution is -2.16. The maximum Gasteiger partial charge on any atom is 0.154 e. The first-order valence-electron chi connectivity index (χ1n) is 4.67. The van der Waals surface area contributed by atoms with E-state index in [2.05, 4.69) is 6.92 Å². The van der Waals surface area contributed by atoms with Crippen LogP contribution in [0.2, 0.25) is 0 Å². The maximum atomic E-state index is 5.38. The smallest absolute Gasteiger partial charge is 0.154 e. The summed E-state index contributed by atoms with van der Waals surface area (Å²) in [5.41, 5.74) is 0. The Kier molecular flexibility index (Phi) is 4.58. The molecule has 1 fully saturated rings. The Morgan fingerprint density at radius 1 is 1.50 bits per heavy atom. The topological polar surface area (TPSA) is 31.0 Å². The minimum atomic E-state index is -0.0826. The predicted molar refractivity (Wildman–Crippen MR) is 46.0 cm³/mol. The molecule has 3 nitrogen and oxygen atoms in total. The second-order valence-electron chi connectivity index (χ2n) is 3.08. The molecule has 2 atom stereocenters. The lowest BCUT2D eigenvalue weighted by Gasteiger charge is -2.12. The number of unbranched alkanes of at least 4 members (excludes halogenated alkanes) is 1. The second kappa shape index (κ2) is 5.51. The van der Waals surface area contributed by atoms with Gasteiger partial charge < -0.3 is 14.2 Å². The van der Waals surface area contributed by atoms with Crippen molar-refractivity contribution in [2.75, 3.05) is 19.8 Å². The molecule has 1 aliphatic heterocycles. The molecular weight excluding hydrogens is 156 g/mol. The van der Waals surface area contributed by atoms with Gasteiger partial charge in [-0.1, -0.05) is 13.3 Å². The minimum absolute atomic E-state index is 0.0826. The zero-order chi connectivity index (χ0) is 8.81. The number of hydrogen-bond donors (Lipinski definition) is 0. The standard InChI is InChI=1S/C9H18O3/c1-3-4-5-10-8(2)11-6-9-7-12-9/h8-9H,3-7H2,1-2H3. The predicted octanol–water partition coefficient (Wildman–Crippen LogP) is 1.56. The Bertz CT molecular complexity index is 112. The van der Waals surface area contributed by atoms with Crippen molar-refractivity contribution in [2.45, 2.75) is 39.1 Å². The molecule has 1 saturated heterocycles. The molecule has 0 aromatic heterocycles. The van der Waals surface area contributed by atoms with Crippen LogP contribution in [0.5, 0.6) is 0 Å². The van der Waals surface area contributed by atoms with Gasteiger partial charge in [-0.05, 0) is 13.3 Å². The van der Waals surface area contributed by atoms with Gasteiger partial charge in [-0.2, -0.15) is 0 Å². The van der Waals surface area contributed by atoms with Crippen molar-refractivity contribution in [3.8, 4) is 0 Å². The summed E-state index contributed by atoms with van der Waals surface area (Å²) in [7, 11) is 0. The normalized spacial score (nSPS) is 24.0. The SMILES string of the molecule is CCCCOC(C)OCC1CO1. The molecule has 0 aromatic carbocycles. The lowest BCUT2D eigenvalue weighted by molar-refractivity contribution is -0.133. The summed E-state index contributed by atoms with van der Waals surface area (Å²) in [6.07, 6.45) is 2.52. The fourth-order valence-corrected chi connectivity index (χ4v) is 0.849. The molecule has 0 amide bonds. The van der Waals surface area contributed by atoms with Gasteiger partial charge in [0.2, 0.25) is 0 Å². The average Bonchev–Trinajstić information content (AvgIpc) is 2.84. The summed E-state index contributed by atoms with van der Waals surface area (Å²) in [6.45, 7) is 6.39. The molecule has 1 heterocycles. The van der Waals surface area contributed by atoms with Crippen LogP contribution in [0.4, 0.5) is 0 Å². The van der Waals surface area contributed by atoms with E-state index in [9.17, 15) is 0 Å².